The number of piperidine rings is 1. The molecule has 0 spiro atoms. The van der Waals surface area contributed by atoms with Crippen LogP contribution in [0.5, 0.6) is 0 Å². The van der Waals surface area contributed by atoms with E-state index in [-0.39, 0.29) is 32.2 Å². The molecule has 2 aromatic rings. The maximum Gasteiger partial charge on any atom is 0.256 e. The summed E-state index contributed by atoms with van der Waals surface area (Å²) in [5.41, 5.74) is 6.93. The number of nitrogens with zero attached hydrogens (tertiary/aromatic N) is 4. The van der Waals surface area contributed by atoms with Crippen molar-refractivity contribution in [3.8, 4) is 0 Å². The Morgan fingerprint density at radius 3 is 2.30 bits per heavy atom. The normalized spacial score (nSPS) is 20.4. The SMILES string of the molecule is CN1N=C2CCN(C(=O)[C@@H](COCc3ccccc3)N(CC(C)(C)N)S(C)(=O)=O)C[C@@]2(Cc2ccccc2)C1=O. The molecule has 2 atom stereocenters. The summed E-state index contributed by atoms with van der Waals surface area (Å²) in [6.45, 7) is 3.82. The Hall–Kier alpha value is -3.12. The second kappa shape index (κ2) is 11.8. The minimum Gasteiger partial charge on any atom is -0.375 e. The van der Waals surface area contributed by atoms with Crippen LogP contribution in [0.4, 0.5) is 0 Å². The van der Waals surface area contributed by atoms with Gasteiger partial charge >= 0.3 is 0 Å². The van der Waals surface area contributed by atoms with E-state index in [9.17, 15) is 18.0 Å². The molecule has 1 fully saturated rings. The van der Waals surface area contributed by atoms with Gasteiger partial charge in [-0.2, -0.15) is 9.41 Å². The fourth-order valence-electron chi connectivity index (χ4n) is 5.43. The summed E-state index contributed by atoms with van der Waals surface area (Å²) in [6.07, 6.45) is 1.87. The Labute approximate surface area is 236 Å². The molecule has 2 amide bonds. The number of amides is 2. The second-order valence-corrected chi connectivity index (χ2v) is 13.4. The standard InChI is InChI=1S/C29H39N5O5S/c1-28(2,30)20-34(40(4,37)38)24(19-39-18-23-13-9-6-10-14-23)26(35)33-16-15-25-29(21-33,27(36)32(3)31-25)17-22-11-7-5-8-12-22/h5-14,24H,15-21,30H2,1-4H3/t24-,29-/m1/s1. The number of fused-ring (bicyclic) bond motifs is 1. The predicted molar refractivity (Wildman–Crippen MR) is 154 cm³/mol. The van der Waals surface area contributed by atoms with Crippen molar-refractivity contribution in [2.45, 2.75) is 44.9 Å². The lowest BCUT2D eigenvalue weighted by molar-refractivity contribution is -0.143. The number of hydrazone groups is 1. The van der Waals surface area contributed by atoms with Crippen molar-refractivity contribution in [2.75, 3.05) is 39.5 Å². The number of carbonyl (C=O) groups is 2. The van der Waals surface area contributed by atoms with Gasteiger partial charge in [-0.15, -0.1) is 0 Å². The van der Waals surface area contributed by atoms with Crippen molar-refractivity contribution in [1.82, 2.24) is 14.2 Å². The molecule has 0 unspecified atom stereocenters. The van der Waals surface area contributed by atoms with Crippen LogP contribution in [-0.4, -0.2) is 91.3 Å². The van der Waals surface area contributed by atoms with Crippen molar-refractivity contribution in [1.29, 1.82) is 0 Å². The molecule has 4 rings (SSSR count). The minimum absolute atomic E-state index is 0.0751. The molecule has 0 radical (unpaired) electrons. The number of carbonyl (C=O) groups excluding carboxylic acids is 2. The Morgan fingerprint density at radius 1 is 1.12 bits per heavy atom. The third kappa shape index (κ3) is 6.77. The lowest BCUT2D eigenvalue weighted by Crippen LogP contribution is -2.61. The smallest absolute Gasteiger partial charge is 0.256 e. The minimum atomic E-state index is -3.85. The Balaban J connectivity index is 1.64. The number of sulfonamides is 1. The van der Waals surface area contributed by atoms with Crippen LogP contribution in [0.2, 0.25) is 0 Å². The van der Waals surface area contributed by atoms with Crippen molar-refractivity contribution in [2.24, 2.45) is 16.3 Å². The molecule has 216 valence electrons. The first kappa shape index (κ1) is 29.9. The van der Waals surface area contributed by atoms with E-state index < -0.39 is 32.9 Å². The first-order chi connectivity index (χ1) is 18.8. The highest BCUT2D eigenvalue weighted by molar-refractivity contribution is 7.88. The summed E-state index contributed by atoms with van der Waals surface area (Å²) in [5.74, 6) is -0.597. The third-order valence-electron chi connectivity index (χ3n) is 7.28. The van der Waals surface area contributed by atoms with E-state index >= 15 is 0 Å². The molecule has 11 heteroatoms. The fourth-order valence-corrected chi connectivity index (χ4v) is 6.61. The largest absolute Gasteiger partial charge is 0.375 e. The molecular weight excluding hydrogens is 530 g/mol. The lowest BCUT2D eigenvalue weighted by Gasteiger charge is -2.42. The molecule has 10 nitrogen and oxygen atoms in total. The maximum atomic E-state index is 14.2. The molecule has 40 heavy (non-hydrogen) atoms. The summed E-state index contributed by atoms with van der Waals surface area (Å²) in [4.78, 5) is 29.4. The van der Waals surface area contributed by atoms with Gasteiger partial charge in [0.25, 0.3) is 5.91 Å². The van der Waals surface area contributed by atoms with Gasteiger partial charge in [0.15, 0.2) is 0 Å². The van der Waals surface area contributed by atoms with Crippen molar-refractivity contribution in [3.05, 3.63) is 71.8 Å². The van der Waals surface area contributed by atoms with Gasteiger partial charge in [-0.1, -0.05) is 60.7 Å². The number of ether oxygens (including phenoxy) is 1. The van der Waals surface area contributed by atoms with Crippen molar-refractivity contribution < 1.29 is 22.7 Å². The molecule has 0 saturated carbocycles. The van der Waals surface area contributed by atoms with Crippen LogP contribution in [0.3, 0.4) is 0 Å². The fraction of sp³-hybridized carbons (Fsp3) is 0.483. The highest BCUT2D eigenvalue weighted by Crippen LogP contribution is 2.38. The quantitative estimate of drug-likeness (QED) is 0.440. The summed E-state index contributed by atoms with van der Waals surface area (Å²) in [7, 11) is -2.22. The van der Waals surface area contributed by atoms with Gasteiger partial charge in [-0.25, -0.2) is 13.4 Å². The second-order valence-electron chi connectivity index (χ2n) is 11.4. The van der Waals surface area contributed by atoms with E-state index in [2.05, 4.69) is 5.10 Å². The number of benzene rings is 2. The summed E-state index contributed by atoms with van der Waals surface area (Å²) >= 11 is 0. The number of likely N-dealkylation sites (tertiary alicyclic amines) is 1. The van der Waals surface area contributed by atoms with Gasteiger partial charge < -0.3 is 15.4 Å². The van der Waals surface area contributed by atoms with E-state index in [1.807, 2.05) is 60.7 Å². The first-order valence-corrected chi connectivity index (χ1v) is 15.2. The molecule has 1 saturated heterocycles. The number of hydrogen-bond acceptors (Lipinski definition) is 7. The first-order valence-electron chi connectivity index (χ1n) is 13.4. The molecule has 0 bridgehead atoms. The average Bonchev–Trinajstić information content (AvgIpc) is 3.14. The van der Waals surface area contributed by atoms with Crippen LogP contribution in [0.15, 0.2) is 65.8 Å². The van der Waals surface area contributed by atoms with Crippen LogP contribution in [0.1, 0.15) is 31.4 Å². The number of nitrogens with two attached hydrogens (primary N) is 1. The molecule has 2 aromatic carbocycles. The summed E-state index contributed by atoms with van der Waals surface area (Å²) < 4.78 is 33.1. The highest BCUT2D eigenvalue weighted by atomic mass is 32.2. The van der Waals surface area contributed by atoms with Gasteiger partial charge in [0.2, 0.25) is 15.9 Å². The van der Waals surface area contributed by atoms with Gasteiger partial charge in [-0.3, -0.25) is 9.59 Å². The van der Waals surface area contributed by atoms with Gasteiger partial charge in [0, 0.05) is 38.6 Å². The van der Waals surface area contributed by atoms with Crippen LogP contribution in [0.25, 0.3) is 0 Å². The van der Waals surface area contributed by atoms with Crippen LogP contribution < -0.4 is 5.73 Å². The van der Waals surface area contributed by atoms with E-state index in [0.717, 1.165) is 27.4 Å². The Bertz CT molecular complexity index is 1340. The lowest BCUT2D eigenvalue weighted by atomic mass is 9.73. The van der Waals surface area contributed by atoms with Crippen molar-refractivity contribution >= 4 is 27.5 Å². The van der Waals surface area contributed by atoms with Gasteiger partial charge in [-0.05, 0) is 31.4 Å². The molecule has 2 aliphatic heterocycles. The molecule has 2 N–H and O–H groups in total. The summed E-state index contributed by atoms with van der Waals surface area (Å²) in [6, 6.07) is 18.0. The van der Waals surface area contributed by atoms with Crippen LogP contribution >= 0.6 is 0 Å². The molecule has 0 aliphatic carbocycles. The van der Waals surface area contributed by atoms with E-state index in [1.165, 1.54) is 5.01 Å². The van der Waals surface area contributed by atoms with Crippen molar-refractivity contribution in [3.63, 3.8) is 0 Å². The summed E-state index contributed by atoms with van der Waals surface area (Å²) in [5, 5.41) is 5.87. The van der Waals surface area contributed by atoms with Gasteiger partial charge in [0.05, 0.1) is 25.2 Å². The maximum absolute atomic E-state index is 14.2. The molecule has 2 heterocycles. The molecule has 0 aromatic heterocycles. The Kier molecular flexibility index (Phi) is 8.79. The highest BCUT2D eigenvalue weighted by Gasteiger charge is 2.54. The average molecular weight is 570 g/mol. The van der Waals surface area contributed by atoms with E-state index in [1.54, 1.807) is 25.8 Å². The zero-order chi connectivity index (χ0) is 29.1. The predicted octanol–water partition coefficient (Wildman–Crippen LogP) is 1.86. The third-order valence-corrected chi connectivity index (χ3v) is 8.51. The molecule has 2 aliphatic rings. The Morgan fingerprint density at radius 2 is 1.73 bits per heavy atom. The van der Waals surface area contributed by atoms with E-state index in [4.69, 9.17) is 10.5 Å². The zero-order valence-corrected chi connectivity index (χ0v) is 24.4. The zero-order valence-electron chi connectivity index (χ0n) is 23.6. The number of hydrogen-bond donors (Lipinski definition) is 1. The van der Waals surface area contributed by atoms with E-state index in [0.29, 0.717) is 19.4 Å². The van der Waals surface area contributed by atoms with Gasteiger partial charge in [0.1, 0.15) is 11.5 Å². The topological polar surface area (TPSA) is 126 Å². The molecular formula is C29H39N5O5S. The van der Waals surface area contributed by atoms with Crippen LogP contribution in [-0.2, 0) is 37.4 Å². The van der Waals surface area contributed by atoms with Crippen LogP contribution in [0, 0.1) is 5.41 Å². The monoisotopic (exact) mass is 569 g/mol. The number of rotatable bonds is 11.